The Labute approximate surface area is 158 Å². The molecule has 0 aromatic heterocycles. The lowest BCUT2D eigenvalue weighted by Crippen LogP contribution is -2.25. The van der Waals surface area contributed by atoms with E-state index in [4.69, 9.17) is 18.9 Å². The number of carbonyl (C=O) groups is 1. The second-order valence-electron chi connectivity index (χ2n) is 6.04. The molecule has 0 saturated heterocycles. The van der Waals surface area contributed by atoms with Crippen LogP contribution in [0.1, 0.15) is 62.4 Å². The Balaban J connectivity index is 2.21. The van der Waals surface area contributed by atoms with Gasteiger partial charge in [-0.1, -0.05) is 51.3 Å². The van der Waals surface area contributed by atoms with Gasteiger partial charge in [-0.2, -0.15) is 0 Å². The maximum atomic E-state index is 12.1. The molecule has 1 aromatic rings. The van der Waals surface area contributed by atoms with Gasteiger partial charge in [-0.15, -0.1) is 0 Å². The van der Waals surface area contributed by atoms with Crippen LogP contribution in [0.5, 0.6) is 0 Å². The molecule has 0 aliphatic heterocycles. The minimum Gasteiger partial charge on any atom is -0.460 e. The fraction of sp³-hybridized carbons (Fsp3) is 0.667. The van der Waals surface area contributed by atoms with Crippen LogP contribution in [0.3, 0.4) is 0 Å². The first-order valence-electron chi connectivity index (χ1n) is 9.78. The zero-order valence-corrected chi connectivity index (χ0v) is 16.5. The van der Waals surface area contributed by atoms with Crippen molar-refractivity contribution in [3.8, 4) is 0 Å². The Hall–Kier alpha value is -1.43. The second-order valence-corrected chi connectivity index (χ2v) is 6.04. The highest BCUT2D eigenvalue weighted by atomic mass is 16.7. The summed E-state index contributed by atoms with van der Waals surface area (Å²) in [4.78, 5) is 12.1. The third-order valence-electron chi connectivity index (χ3n) is 3.99. The maximum absolute atomic E-state index is 12.1. The van der Waals surface area contributed by atoms with E-state index < -0.39 is 0 Å². The molecule has 1 atom stereocenters. The van der Waals surface area contributed by atoms with Crippen LogP contribution in [0, 0.1) is 0 Å². The molecule has 0 radical (unpaired) electrons. The highest BCUT2D eigenvalue weighted by Gasteiger charge is 2.12. The lowest BCUT2D eigenvalue weighted by Gasteiger charge is -2.18. The van der Waals surface area contributed by atoms with Crippen LogP contribution >= 0.6 is 0 Å². The van der Waals surface area contributed by atoms with E-state index in [9.17, 15) is 4.79 Å². The highest BCUT2D eigenvalue weighted by molar-refractivity contribution is 5.91. The highest BCUT2D eigenvalue weighted by Crippen LogP contribution is 2.11. The van der Waals surface area contributed by atoms with Crippen molar-refractivity contribution in [3.05, 3.63) is 35.4 Å². The molecular formula is C21H34O5. The normalized spacial score (nSPS) is 12.1. The molecule has 26 heavy (non-hydrogen) atoms. The average Bonchev–Trinajstić information content (AvgIpc) is 2.67. The largest absolute Gasteiger partial charge is 0.460 e. The molecule has 0 aliphatic carbocycles. The van der Waals surface area contributed by atoms with Gasteiger partial charge in [0.1, 0.15) is 6.61 Å². The van der Waals surface area contributed by atoms with Gasteiger partial charge in [0.25, 0.3) is 0 Å². The van der Waals surface area contributed by atoms with E-state index in [-0.39, 0.29) is 18.9 Å². The average molecular weight is 366 g/mol. The van der Waals surface area contributed by atoms with Gasteiger partial charge in [0.2, 0.25) is 0 Å². The van der Waals surface area contributed by atoms with Crippen LogP contribution in [0.2, 0.25) is 0 Å². The van der Waals surface area contributed by atoms with Crippen molar-refractivity contribution >= 4 is 5.97 Å². The summed E-state index contributed by atoms with van der Waals surface area (Å²) < 4.78 is 22.1. The summed E-state index contributed by atoms with van der Waals surface area (Å²) in [6.45, 7) is 8.26. The van der Waals surface area contributed by atoms with Gasteiger partial charge < -0.3 is 18.9 Å². The lowest BCUT2D eigenvalue weighted by atomic mass is 10.1. The number of unbranched alkanes of at least 4 members (excludes halogenated alkanes) is 3. The van der Waals surface area contributed by atoms with Crippen molar-refractivity contribution in [1.82, 2.24) is 0 Å². The Bertz CT molecular complexity index is 489. The van der Waals surface area contributed by atoms with Gasteiger partial charge in [-0.05, 0) is 31.4 Å². The topological polar surface area (TPSA) is 54.0 Å². The molecular weight excluding hydrogens is 332 g/mol. The summed E-state index contributed by atoms with van der Waals surface area (Å²) in [6.07, 6.45) is 5.08. The molecule has 1 rings (SSSR count). The summed E-state index contributed by atoms with van der Waals surface area (Å²) in [5.74, 6) is -0.306. The molecule has 0 bridgehead atoms. The van der Waals surface area contributed by atoms with Crippen molar-refractivity contribution in [2.45, 2.75) is 59.2 Å². The third kappa shape index (κ3) is 9.32. The summed E-state index contributed by atoms with van der Waals surface area (Å²) in [5, 5.41) is 0. The van der Waals surface area contributed by atoms with E-state index in [1.54, 1.807) is 6.07 Å². The fourth-order valence-corrected chi connectivity index (χ4v) is 2.55. The van der Waals surface area contributed by atoms with Gasteiger partial charge in [0.05, 0.1) is 18.8 Å². The smallest absolute Gasteiger partial charge is 0.338 e. The van der Waals surface area contributed by atoms with Gasteiger partial charge in [0.15, 0.2) is 6.29 Å². The van der Waals surface area contributed by atoms with Crippen LogP contribution in [0.4, 0.5) is 0 Å². The van der Waals surface area contributed by atoms with Gasteiger partial charge in [-0.25, -0.2) is 4.79 Å². The van der Waals surface area contributed by atoms with E-state index >= 15 is 0 Å². The minimum absolute atomic E-state index is 0.215. The zero-order chi connectivity index (χ0) is 19.0. The molecule has 0 fully saturated rings. The first-order valence-corrected chi connectivity index (χ1v) is 9.78. The Morgan fingerprint density at radius 2 is 1.77 bits per heavy atom. The van der Waals surface area contributed by atoms with Crippen molar-refractivity contribution < 1.29 is 23.7 Å². The van der Waals surface area contributed by atoms with E-state index in [0.717, 1.165) is 18.4 Å². The van der Waals surface area contributed by atoms with Crippen molar-refractivity contribution in [3.63, 3.8) is 0 Å². The van der Waals surface area contributed by atoms with Crippen molar-refractivity contribution in [2.24, 2.45) is 0 Å². The van der Waals surface area contributed by atoms with E-state index in [0.29, 0.717) is 32.0 Å². The Morgan fingerprint density at radius 1 is 0.962 bits per heavy atom. The van der Waals surface area contributed by atoms with Crippen LogP contribution in [0.25, 0.3) is 0 Å². The molecule has 5 nitrogen and oxygen atoms in total. The van der Waals surface area contributed by atoms with Crippen LogP contribution in [0.15, 0.2) is 24.3 Å². The van der Waals surface area contributed by atoms with Gasteiger partial charge in [-0.3, -0.25) is 0 Å². The predicted molar refractivity (Wildman–Crippen MR) is 102 cm³/mol. The SMILES string of the molecule is CCCCCCOC(COCCOC(=O)c1ccccc1CC)OCC. The van der Waals surface area contributed by atoms with Crippen molar-refractivity contribution in [1.29, 1.82) is 0 Å². The number of carbonyl (C=O) groups excluding carboxylic acids is 1. The molecule has 0 spiro atoms. The molecule has 1 unspecified atom stereocenters. The molecule has 0 N–H and O–H groups in total. The van der Waals surface area contributed by atoms with Crippen molar-refractivity contribution in [2.75, 3.05) is 33.0 Å². The molecule has 1 aromatic carbocycles. The van der Waals surface area contributed by atoms with Crippen LogP contribution < -0.4 is 0 Å². The first kappa shape index (κ1) is 22.6. The first-order chi connectivity index (χ1) is 12.7. The van der Waals surface area contributed by atoms with E-state index in [1.807, 2.05) is 32.0 Å². The number of rotatable bonds is 15. The maximum Gasteiger partial charge on any atom is 0.338 e. The standard InChI is InChI=1S/C21H34O5/c1-4-7-8-11-14-25-20(24-6-3)17-23-15-16-26-21(22)19-13-10-9-12-18(19)5-2/h9-10,12-13,20H,4-8,11,14-17H2,1-3H3. The molecule has 5 heteroatoms. The fourth-order valence-electron chi connectivity index (χ4n) is 2.55. The Kier molecular flexibility index (Phi) is 12.8. The monoisotopic (exact) mass is 366 g/mol. The summed E-state index contributed by atoms with van der Waals surface area (Å²) in [6, 6.07) is 7.50. The number of aryl methyl sites for hydroxylation is 1. The zero-order valence-electron chi connectivity index (χ0n) is 16.5. The number of hydrogen-bond acceptors (Lipinski definition) is 5. The van der Waals surface area contributed by atoms with Gasteiger partial charge >= 0.3 is 5.97 Å². The number of esters is 1. The molecule has 0 amide bonds. The minimum atomic E-state index is -0.363. The molecule has 148 valence electrons. The second kappa shape index (κ2) is 14.7. The molecule has 0 heterocycles. The van der Waals surface area contributed by atoms with Gasteiger partial charge in [0, 0.05) is 13.2 Å². The van der Waals surface area contributed by atoms with Crippen LogP contribution in [-0.2, 0) is 25.4 Å². The quantitative estimate of drug-likeness (QED) is 0.262. The summed E-state index contributed by atoms with van der Waals surface area (Å²) in [7, 11) is 0. The predicted octanol–water partition coefficient (Wildman–Crippen LogP) is 4.38. The van der Waals surface area contributed by atoms with E-state index in [1.165, 1.54) is 19.3 Å². The number of hydrogen-bond donors (Lipinski definition) is 0. The number of benzene rings is 1. The lowest BCUT2D eigenvalue weighted by molar-refractivity contribution is -0.171. The Morgan fingerprint density at radius 3 is 2.50 bits per heavy atom. The molecule has 0 aliphatic rings. The molecule has 0 saturated carbocycles. The third-order valence-corrected chi connectivity index (χ3v) is 3.99. The summed E-state index contributed by atoms with van der Waals surface area (Å²) >= 11 is 0. The van der Waals surface area contributed by atoms with Crippen LogP contribution in [-0.4, -0.2) is 45.3 Å². The summed E-state index contributed by atoms with van der Waals surface area (Å²) in [5.41, 5.74) is 1.61. The number of ether oxygens (including phenoxy) is 4. The van der Waals surface area contributed by atoms with E-state index in [2.05, 4.69) is 6.92 Å².